The van der Waals surface area contributed by atoms with Crippen molar-refractivity contribution in [3.63, 3.8) is 0 Å². The standard InChI is InChI=1S/C21H30N4O7/c1-21(2,3)32-19(28)24-10-13-4-6-14(7-5-13)18(27)15-11-23-9-8-16(15)30-12-17(26)31-20(29)25-22/h4-7,15-16,23H,8-12,22H2,1-3H3,(H,24,28)(H,25,29). The molecule has 0 spiro atoms. The summed E-state index contributed by atoms with van der Waals surface area (Å²) in [6.45, 7) is 6.15. The van der Waals surface area contributed by atoms with E-state index in [1.807, 2.05) is 0 Å². The van der Waals surface area contributed by atoms with E-state index in [0.717, 1.165) is 5.56 Å². The summed E-state index contributed by atoms with van der Waals surface area (Å²) in [4.78, 5) is 47.4. The molecule has 2 atom stereocenters. The number of nitrogens with two attached hydrogens (primary N) is 1. The number of Topliss-reactive ketones (excluding diaryl/α,β-unsaturated/α-hetero) is 1. The predicted molar refractivity (Wildman–Crippen MR) is 113 cm³/mol. The van der Waals surface area contributed by atoms with Crippen LogP contribution in [0.5, 0.6) is 0 Å². The number of nitrogens with one attached hydrogen (secondary N) is 3. The van der Waals surface area contributed by atoms with Crippen LogP contribution in [0.1, 0.15) is 43.1 Å². The summed E-state index contributed by atoms with van der Waals surface area (Å²) in [5, 5.41) is 5.81. The predicted octanol–water partition coefficient (Wildman–Crippen LogP) is 1.02. The molecule has 1 aromatic rings. The van der Waals surface area contributed by atoms with Crippen molar-refractivity contribution in [2.24, 2.45) is 11.8 Å². The number of benzene rings is 1. The minimum atomic E-state index is -1.09. The average Bonchev–Trinajstić information content (AvgIpc) is 2.75. The molecular formula is C21H30N4O7. The van der Waals surface area contributed by atoms with Crippen LogP contribution in [-0.4, -0.2) is 55.3 Å². The quantitative estimate of drug-likeness (QED) is 0.119. The second-order valence-corrected chi connectivity index (χ2v) is 8.27. The number of alkyl carbamates (subject to hydrolysis) is 1. The highest BCUT2D eigenvalue weighted by Gasteiger charge is 2.33. The molecule has 1 fully saturated rings. The van der Waals surface area contributed by atoms with E-state index in [0.29, 0.717) is 25.1 Å². The summed E-state index contributed by atoms with van der Waals surface area (Å²) >= 11 is 0. The molecule has 176 valence electrons. The van der Waals surface area contributed by atoms with Gasteiger partial charge in [0.1, 0.15) is 12.2 Å². The Morgan fingerprint density at radius 1 is 1.12 bits per heavy atom. The summed E-state index contributed by atoms with van der Waals surface area (Å²) < 4.78 is 15.1. The average molecular weight is 450 g/mol. The van der Waals surface area contributed by atoms with Crippen molar-refractivity contribution < 1.29 is 33.4 Å². The lowest BCUT2D eigenvalue weighted by Crippen LogP contribution is -2.46. The molecule has 1 saturated heterocycles. The number of piperidine rings is 1. The van der Waals surface area contributed by atoms with Crippen molar-refractivity contribution in [3.8, 4) is 0 Å². The number of hydrogen-bond donors (Lipinski definition) is 4. The van der Waals surface area contributed by atoms with Crippen LogP contribution in [0.3, 0.4) is 0 Å². The number of ketones is 1. The molecule has 2 rings (SSSR count). The summed E-state index contributed by atoms with van der Waals surface area (Å²) in [7, 11) is 0. The van der Waals surface area contributed by atoms with Gasteiger partial charge in [0.05, 0.1) is 12.0 Å². The van der Waals surface area contributed by atoms with Crippen molar-refractivity contribution >= 4 is 23.9 Å². The molecule has 2 unspecified atom stereocenters. The maximum Gasteiger partial charge on any atom is 0.429 e. The van der Waals surface area contributed by atoms with E-state index >= 15 is 0 Å². The third kappa shape index (κ3) is 8.25. The van der Waals surface area contributed by atoms with Crippen LogP contribution < -0.4 is 21.9 Å². The Kier molecular flexibility index (Phi) is 9.12. The number of carbonyl (C=O) groups excluding carboxylic acids is 4. The first-order chi connectivity index (χ1) is 15.1. The second-order valence-electron chi connectivity index (χ2n) is 8.27. The molecule has 11 heteroatoms. The number of amides is 2. The second kappa shape index (κ2) is 11.6. The van der Waals surface area contributed by atoms with Crippen LogP contribution in [0.2, 0.25) is 0 Å². The molecule has 2 amide bonds. The number of rotatable bonds is 7. The minimum absolute atomic E-state index is 0.137. The molecule has 1 aliphatic heterocycles. The number of carbonyl (C=O) groups is 4. The first-order valence-corrected chi connectivity index (χ1v) is 10.2. The zero-order valence-corrected chi connectivity index (χ0v) is 18.4. The molecule has 0 bridgehead atoms. The van der Waals surface area contributed by atoms with Crippen LogP contribution >= 0.6 is 0 Å². The molecule has 0 radical (unpaired) electrons. The molecule has 0 aromatic heterocycles. The largest absolute Gasteiger partial charge is 0.444 e. The van der Waals surface area contributed by atoms with Crippen molar-refractivity contribution in [2.75, 3.05) is 19.7 Å². The summed E-state index contributed by atoms with van der Waals surface area (Å²) in [5.41, 5.74) is 2.39. The van der Waals surface area contributed by atoms with Crippen molar-refractivity contribution in [3.05, 3.63) is 35.4 Å². The maximum absolute atomic E-state index is 13.0. The number of ether oxygens (including phenoxy) is 3. The third-order valence-corrected chi connectivity index (χ3v) is 4.57. The lowest BCUT2D eigenvalue weighted by Gasteiger charge is -2.30. The van der Waals surface area contributed by atoms with Gasteiger partial charge in [0, 0.05) is 18.7 Å². The molecule has 32 heavy (non-hydrogen) atoms. The summed E-state index contributed by atoms with van der Waals surface area (Å²) in [6, 6.07) is 6.86. The van der Waals surface area contributed by atoms with Crippen molar-refractivity contribution in [2.45, 2.75) is 45.4 Å². The van der Waals surface area contributed by atoms with Crippen molar-refractivity contribution in [1.82, 2.24) is 16.1 Å². The van der Waals surface area contributed by atoms with Gasteiger partial charge in [-0.05, 0) is 39.3 Å². The van der Waals surface area contributed by atoms with Crippen LogP contribution in [0, 0.1) is 5.92 Å². The molecule has 1 heterocycles. The monoisotopic (exact) mass is 450 g/mol. The van der Waals surface area contributed by atoms with Gasteiger partial charge in [-0.25, -0.2) is 20.2 Å². The van der Waals surface area contributed by atoms with E-state index < -0.39 is 42.4 Å². The highest BCUT2D eigenvalue weighted by atomic mass is 16.6. The molecule has 11 nitrogen and oxygen atoms in total. The molecular weight excluding hydrogens is 420 g/mol. The fourth-order valence-corrected chi connectivity index (χ4v) is 3.12. The van der Waals surface area contributed by atoms with Crippen LogP contribution in [0.15, 0.2) is 24.3 Å². The molecule has 1 aromatic carbocycles. The highest BCUT2D eigenvalue weighted by Crippen LogP contribution is 2.21. The third-order valence-electron chi connectivity index (χ3n) is 4.57. The van der Waals surface area contributed by atoms with E-state index in [-0.39, 0.29) is 12.3 Å². The normalized spacial score (nSPS) is 18.4. The van der Waals surface area contributed by atoms with Gasteiger partial charge in [0.15, 0.2) is 5.78 Å². The van der Waals surface area contributed by atoms with Crippen LogP contribution in [0.25, 0.3) is 0 Å². The fourth-order valence-electron chi connectivity index (χ4n) is 3.12. The minimum Gasteiger partial charge on any atom is -0.444 e. The fraction of sp³-hybridized carbons (Fsp3) is 0.524. The van der Waals surface area contributed by atoms with Gasteiger partial charge < -0.3 is 24.8 Å². The molecule has 1 aliphatic rings. The summed E-state index contributed by atoms with van der Waals surface area (Å²) in [6.07, 6.45) is -1.60. The SMILES string of the molecule is CC(C)(C)OC(=O)NCc1ccc(C(=O)C2CNCCC2OCC(=O)OC(=O)NN)cc1. The van der Waals surface area contributed by atoms with Gasteiger partial charge >= 0.3 is 18.2 Å². The Labute approximate surface area is 186 Å². The zero-order valence-electron chi connectivity index (χ0n) is 18.4. The van der Waals surface area contributed by atoms with Gasteiger partial charge in [0.2, 0.25) is 0 Å². The van der Waals surface area contributed by atoms with E-state index in [9.17, 15) is 19.2 Å². The van der Waals surface area contributed by atoms with Crippen LogP contribution in [0.4, 0.5) is 9.59 Å². The van der Waals surface area contributed by atoms with Crippen molar-refractivity contribution in [1.29, 1.82) is 0 Å². The topological polar surface area (TPSA) is 158 Å². The molecule has 0 aliphatic carbocycles. The zero-order chi connectivity index (χ0) is 23.7. The smallest absolute Gasteiger partial charge is 0.429 e. The van der Waals surface area contributed by atoms with E-state index in [2.05, 4.69) is 15.4 Å². The van der Waals surface area contributed by atoms with E-state index in [1.54, 1.807) is 50.5 Å². The van der Waals surface area contributed by atoms with Crippen LogP contribution in [-0.2, 0) is 25.5 Å². The first-order valence-electron chi connectivity index (χ1n) is 10.2. The van der Waals surface area contributed by atoms with E-state index in [4.69, 9.17) is 15.3 Å². The van der Waals surface area contributed by atoms with Gasteiger partial charge in [-0.1, -0.05) is 24.3 Å². The lowest BCUT2D eigenvalue weighted by atomic mass is 9.88. The number of hydrogen-bond acceptors (Lipinski definition) is 9. The number of hydrazine groups is 1. The van der Waals surface area contributed by atoms with E-state index in [1.165, 1.54) is 0 Å². The Balaban J connectivity index is 1.92. The van der Waals surface area contributed by atoms with Gasteiger partial charge in [-0.3, -0.25) is 10.2 Å². The number of esters is 1. The Hall–Kier alpha value is -3.02. The van der Waals surface area contributed by atoms with Gasteiger partial charge in [0.25, 0.3) is 0 Å². The lowest BCUT2D eigenvalue weighted by molar-refractivity contribution is -0.146. The Morgan fingerprint density at radius 2 is 1.81 bits per heavy atom. The summed E-state index contributed by atoms with van der Waals surface area (Å²) in [5.74, 6) is 3.31. The molecule has 5 N–H and O–H groups in total. The van der Waals surface area contributed by atoms with Gasteiger partial charge in [-0.2, -0.15) is 0 Å². The highest BCUT2D eigenvalue weighted by molar-refractivity contribution is 5.98. The maximum atomic E-state index is 13.0. The van der Waals surface area contributed by atoms with Gasteiger partial charge in [-0.15, -0.1) is 0 Å². The molecule has 0 saturated carbocycles. The Bertz CT molecular complexity index is 820. The Morgan fingerprint density at radius 3 is 2.44 bits per heavy atom. The first kappa shape index (κ1) is 25.2.